The van der Waals surface area contributed by atoms with Crippen molar-refractivity contribution in [2.24, 2.45) is 0 Å². The smallest absolute Gasteiger partial charge is 0.178 e. The van der Waals surface area contributed by atoms with Crippen LogP contribution in [0.25, 0.3) is 22.6 Å². The first-order valence-electron chi connectivity index (χ1n) is 9.46. The number of benzene rings is 1. The van der Waals surface area contributed by atoms with E-state index in [4.69, 9.17) is 4.98 Å². The van der Waals surface area contributed by atoms with E-state index >= 15 is 0 Å². The molecule has 1 aromatic carbocycles. The van der Waals surface area contributed by atoms with Crippen LogP contribution in [0.5, 0.6) is 0 Å². The molecule has 4 aromatic rings. The first kappa shape index (κ1) is 17.2. The molecule has 0 amide bonds. The highest BCUT2D eigenvalue weighted by molar-refractivity contribution is 7.10. The molecule has 0 atom stereocenters. The minimum absolute atomic E-state index is 0.712. The van der Waals surface area contributed by atoms with Crippen molar-refractivity contribution in [2.45, 2.75) is 19.5 Å². The van der Waals surface area contributed by atoms with Gasteiger partial charge in [-0.1, -0.05) is 36.4 Å². The van der Waals surface area contributed by atoms with Crippen LogP contribution in [0.1, 0.15) is 16.1 Å². The quantitative estimate of drug-likeness (QED) is 0.506. The van der Waals surface area contributed by atoms with E-state index in [0.717, 1.165) is 37.4 Å². The lowest BCUT2D eigenvalue weighted by atomic mass is 10.1. The number of fused-ring (bicyclic) bond motifs is 1. The zero-order valence-corrected chi connectivity index (χ0v) is 16.3. The summed E-state index contributed by atoms with van der Waals surface area (Å²) in [6.45, 7) is 2.86. The number of aromatic nitrogens is 3. The third kappa shape index (κ3) is 3.59. The van der Waals surface area contributed by atoms with E-state index in [2.05, 4.69) is 56.6 Å². The third-order valence-electron chi connectivity index (χ3n) is 5.06. The van der Waals surface area contributed by atoms with Gasteiger partial charge < -0.3 is 0 Å². The Morgan fingerprint density at radius 2 is 1.86 bits per heavy atom. The van der Waals surface area contributed by atoms with Gasteiger partial charge in [0.25, 0.3) is 0 Å². The second kappa shape index (κ2) is 7.62. The van der Waals surface area contributed by atoms with E-state index in [-0.39, 0.29) is 0 Å². The number of nitrogens with zero attached hydrogens (tertiary/aromatic N) is 4. The summed E-state index contributed by atoms with van der Waals surface area (Å²) in [5, 5.41) is 2.25. The fourth-order valence-electron chi connectivity index (χ4n) is 3.58. The molecule has 1 aliphatic heterocycles. The molecule has 0 saturated carbocycles. The predicted octanol–water partition coefficient (Wildman–Crippen LogP) is 4.83. The molecule has 3 aromatic heterocycles. The van der Waals surface area contributed by atoms with Crippen molar-refractivity contribution in [1.29, 1.82) is 0 Å². The molecule has 0 fully saturated rings. The third-order valence-corrected chi connectivity index (χ3v) is 5.98. The predicted molar refractivity (Wildman–Crippen MR) is 113 cm³/mol. The molecular weight excluding hydrogens is 364 g/mol. The number of hydrogen-bond donors (Lipinski definition) is 0. The summed E-state index contributed by atoms with van der Waals surface area (Å²) < 4.78 is 0. The molecule has 0 spiro atoms. The van der Waals surface area contributed by atoms with Gasteiger partial charge in [-0.25, -0.2) is 9.97 Å². The first-order valence-corrected chi connectivity index (χ1v) is 10.3. The summed E-state index contributed by atoms with van der Waals surface area (Å²) in [5.41, 5.74) is 5.79. The van der Waals surface area contributed by atoms with Crippen molar-refractivity contribution in [3.63, 3.8) is 0 Å². The topological polar surface area (TPSA) is 41.9 Å². The van der Waals surface area contributed by atoms with Crippen LogP contribution in [0.15, 0.2) is 72.4 Å². The Morgan fingerprint density at radius 1 is 0.964 bits per heavy atom. The maximum Gasteiger partial charge on any atom is 0.178 e. The fourth-order valence-corrected chi connectivity index (χ4v) is 4.51. The zero-order valence-electron chi connectivity index (χ0n) is 15.5. The summed E-state index contributed by atoms with van der Waals surface area (Å²) in [5.74, 6) is 0.712. The van der Waals surface area contributed by atoms with Gasteiger partial charge in [-0.2, -0.15) is 0 Å². The molecule has 138 valence electrons. The highest BCUT2D eigenvalue weighted by atomic mass is 32.1. The van der Waals surface area contributed by atoms with Gasteiger partial charge >= 0.3 is 0 Å². The zero-order chi connectivity index (χ0) is 18.8. The van der Waals surface area contributed by atoms with Gasteiger partial charge in [0.1, 0.15) is 5.69 Å². The molecule has 28 heavy (non-hydrogen) atoms. The normalized spacial score (nSPS) is 14.0. The SMILES string of the molecule is c1ccc(-c2csc(CN3CCc4cnc(-c5ccccn5)nc4C3)c2)cc1. The summed E-state index contributed by atoms with van der Waals surface area (Å²) in [6, 6.07) is 18.7. The Balaban J connectivity index is 1.33. The van der Waals surface area contributed by atoms with E-state index in [9.17, 15) is 0 Å². The molecular formula is C23H20N4S. The van der Waals surface area contributed by atoms with Crippen LogP contribution in [-0.4, -0.2) is 26.4 Å². The summed E-state index contributed by atoms with van der Waals surface area (Å²) in [4.78, 5) is 17.6. The second-order valence-corrected chi connectivity index (χ2v) is 8.00. The fraction of sp³-hybridized carbons (Fsp3) is 0.174. The van der Waals surface area contributed by atoms with Gasteiger partial charge in [0.05, 0.1) is 5.69 Å². The van der Waals surface area contributed by atoms with Crippen molar-refractivity contribution in [2.75, 3.05) is 6.54 Å². The molecule has 0 N–H and O–H groups in total. The van der Waals surface area contributed by atoms with Crippen LogP contribution < -0.4 is 0 Å². The highest BCUT2D eigenvalue weighted by Crippen LogP contribution is 2.28. The lowest BCUT2D eigenvalue weighted by molar-refractivity contribution is 0.243. The van der Waals surface area contributed by atoms with E-state index in [1.54, 1.807) is 6.20 Å². The van der Waals surface area contributed by atoms with E-state index in [0.29, 0.717) is 5.82 Å². The summed E-state index contributed by atoms with van der Waals surface area (Å²) in [6.07, 6.45) is 4.75. The van der Waals surface area contributed by atoms with E-state index in [1.807, 2.05) is 35.7 Å². The lowest BCUT2D eigenvalue weighted by Gasteiger charge is -2.27. The molecule has 4 nitrogen and oxygen atoms in total. The largest absolute Gasteiger partial charge is 0.292 e. The van der Waals surface area contributed by atoms with Gasteiger partial charge in [0, 0.05) is 36.9 Å². The number of hydrogen-bond acceptors (Lipinski definition) is 5. The highest BCUT2D eigenvalue weighted by Gasteiger charge is 2.20. The number of pyridine rings is 1. The van der Waals surface area contributed by atoms with Crippen LogP contribution in [0.4, 0.5) is 0 Å². The molecule has 0 saturated heterocycles. The van der Waals surface area contributed by atoms with Crippen molar-refractivity contribution in [1.82, 2.24) is 19.9 Å². The minimum Gasteiger partial charge on any atom is -0.292 e. The Morgan fingerprint density at radius 3 is 2.71 bits per heavy atom. The van der Waals surface area contributed by atoms with Gasteiger partial charge in [-0.3, -0.25) is 9.88 Å². The maximum absolute atomic E-state index is 4.82. The molecule has 0 unspecified atom stereocenters. The Labute approximate surface area is 168 Å². The summed E-state index contributed by atoms with van der Waals surface area (Å²) in [7, 11) is 0. The monoisotopic (exact) mass is 384 g/mol. The van der Waals surface area contributed by atoms with Crippen LogP contribution in [-0.2, 0) is 19.5 Å². The van der Waals surface area contributed by atoms with Gasteiger partial charge in [0.2, 0.25) is 0 Å². The summed E-state index contributed by atoms with van der Waals surface area (Å²) >= 11 is 1.83. The maximum atomic E-state index is 4.82. The van der Waals surface area contributed by atoms with Crippen molar-refractivity contribution < 1.29 is 0 Å². The number of thiophene rings is 1. The lowest BCUT2D eigenvalue weighted by Crippen LogP contribution is -2.30. The Hall–Kier alpha value is -2.89. The molecule has 5 heteroatoms. The molecule has 5 rings (SSSR count). The molecule has 0 bridgehead atoms. The van der Waals surface area contributed by atoms with Gasteiger partial charge in [0.15, 0.2) is 5.82 Å². The second-order valence-electron chi connectivity index (χ2n) is 7.01. The van der Waals surface area contributed by atoms with Crippen molar-refractivity contribution in [3.05, 3.63) is 88.5 Å². The van der Waals surface area contributed by atoms with E-state index < -0.39 is 0 Å². The minimum atomic E-state index is 0.712. The average Bonchev–Trinajstić information content (AvgIpc) is 3.23. The molecule has 4 heterocycles. The first-order chi connectivity index (χ1) is 13.8. The van der Waals surface area contributed by atoms with Crippen LogP contribution in [0.2, 0.25) is 0 Å². The van der Waals surface area contributed by atoms with Crippen LogP contribution >= 0.6 is 11.3 Å². The molecule has 1 aliphatic rings. The number of rotatable bonds is 4. The standard InChI is InChI=1S/C23H20N4S/c1-2-6-17(7-3-1)19-12-20(28-16-19)14-27-11-9-18-13-25-23(26-22(18)15-27)21-8-4-5-10-24-21/h1-8,10,12-13,16H,9,11,14-15H2. The molecule has 0 aliphatic carbocycles. The van der Waals surface area contributed by atoms with Crippen LogP contribution in [0, 0.1) is 0 Å². The van der Waals surface area contributed by atoms with Gasteiger partial charge in [-0.15, -0.1) is 11.3 Å². The van der Waals surface area contributed by atoms with Crippen molar-refractivity contribution in [3.8, 4) is 22.6 Å². The van der Waals surface area contributed by atoms with Crippen LogP contribution in [0.3, 0.4) is 0 Å². The van der Waals surface area contributed by atoms with Crippen molar-refractivity contribution >= 4 is 11.3 Å². The Kier molecular flexibility index (Phi) is 4.69. The Bertz CT molecular complexity index is 1080. The van der Waals surface area contributed by atoms with Gasteiger partial charge in [-0.05, 0) is 46.7 Å². The average molecular weight is 385 g/mol. The molecule has 0 radical (unpaired) electrons. The van der Waals surface area contributed by atoms with E-state index in [1.165, 1.54) is 21.6 Å².